The second kappa shape index (κ2) is 9.50. The van der Waals surface area contributed by atoms with Crippen molar-refractivity contribution >= 4 is 17.2 Å². The zero-order valence-corrected chi connectivity index (χ0v) is 20.5. The van der Waals surface area contributed by atoms with E-state index in [1.54, 1.807) is 16.2 Å². The van der Waals surface area contributed by atoms with Crippen LogP contribution in [0.15, 0.2) is 46.4 Å². The van der Waals surface area contributed by atoms with Gasteiger partial charge >= 0.3 is 0 Å². The Morgan fingerprint density at radius 1 is 1.18 bits per heavy atom. The van der Waals surface area contributed by atoms with E-state index in [1.807, 2.05) is 57.1 Å². The van der Waals surface area contributed by atoms with Gasteiger partial charge in [0.25, 0.3) is 5.91 Å². The molecule has 5 rings (SSSR count). The number of aryl methyl sites for hydroxylation is 1. The van der Waals surface area contributed by atoms with Gasteiger partial charge in [-0.25, -0.2) is 8.78 Å². The number of aromatic nitrogens is 3. The molecule has 1 aliphatic rings. The highest BCUT2D eigenvalue weighted by atomic mass is 32.1. The van der Waals surface area contributed by atoms with E-state index >= 15 is 0 Å². The Bertz CT molecular complexity index is 1330. The Morgan fingerprint density at radius 2 is 1.94 bits per heavy atom. The number of carbonyl (C=O) groups excluding carboxylic acids is 1. The Hall–Kier alpha value is -3.33. The summed E-state index contributed by atoms with van der Waals surface area (Å²) in [6.45, 7) is 8.45. The first-order valence-electron chi connectivity index (χ1n) is 11.1. The highest BCUT2D eigenvalue weighted by molar-refractivity contribution is 7.10. The fraction of sp³-hybridized carbons (Fsp3) is 0.320. The Morgan fingerprint density at radius 3 is 2.62 bits per heavy atom. The fourth-order valence-corrected chi connectivity index (χ4v) is 5.36. The predicted molar refractivity (Wildman–Crippen MR) is 127 cm³/mol. The summed E-state index contributed by atoms with van der Waals surface area (Å²) in [5.41, 5.74) is 3.43. The lowest BCUT2D eigenvalue weighted by atomic mass is 9.88. The minimum Gasteiger partial charge on any atom is -0.350 e. The molecule has 0 saturated carbocycles. The fourth-order valence-electron chi connectivity index (χ4n) is 4.26. The second-order valence-electron chi connectivity index (χ2n) is 7.94. The molecule has 1 aliphatic heterocycles. The van der Waals surface area contributed by atoms with Crippen LogP contribution in [0.1, 0.15) is 65.0 Å². The maximum atomic E-state index is 14.1. The van der Waals surface area contributed by atoms with Gasteiger partial charge in [-0.05, 0) is 43.0 Å². The second-order valence-corrected chi connectivity index (χ2v) is 8.88. The SMILES string of the molecule is CC.Cc1c(C2CN(C(=O)c3cc(-c4ccc(F)cc4F)no3)C(C)c3ccsc32)cnn1C. The van der Waals surface area contributed by atoms with Crippen molar-refractivity contribution in [3.8, 4) is 11.3 Å². The summed E-state index contributed by atoms with van der Waals surface area (Å²) < 4.78 is 34.5. The zero-order chi connectivity index (χ0) is 24.6. The van der Waals surface area contributed by atoms with Gasteiger partial charge in [0, 0.05) is 53.3 Å². The monoisotopic (exact) mass is 484 g/mol. The summed E-state index contributed by atoms with van der Waals surface area (Å²) in [6, 6.07) is 6.48. The van der Waals surface area contributed by atoms with Gasteiger partial charge in [0.2, 0.25) is 5.76 Å². The highest BCUT2D eigenvalue weighted by Gasteiger charge is 2.38. The van der Waals surface area contributed by atoms with Crippen molar-refractivity contribution in [2.45, 2.75) is 39.7 Å². The lowest BCUT2D eigenvalue weighted by Gasteiger charge is -2.37. The van der Waals surface area contributed by atoms with Crippen LogP contribution >= 0.6 is 11.3 Å². The molecule has 9 heteroatoms. The van der Waals surface area contributed by atoms with Gasteiger partial charge in [0.05, 0.1) is 12.2 Å². The quantitative estimate of drug-likeness (QED) is 0.353. The molecule has 0 saturated heterocycles. The summed E-state index contributed by atoms with van der Waals surface area (Å²) >= 11 is 1.68. The van der Waals surface area contributed by atoms with Gasteiger partial charge in [-0.1, -0.05) is 19.0 Å². The largest absolute Gasteiger partial charge is 0.350 e. The third-order valence-electron chi connectivity index (χ3n) is 6.18. The Balaban J connectivity index is 0.00000133. The molecule has 2 unspecified atom stereocenters. The molecule has 6 nitrogen and oxygen atoms in total. The number of nitrogens with zero attached hydrogens (tertiary/aromatic N) is 4. The predicted octanol–water partition coefficient (Wildman–Crippen LogP) is 6.10. The summed E-state index contributed by atoms with van der Waals surface area (Å²) in [6.07, 6.45) is 1.85. The van der Waals surface area contributed by atoms with Gasteiger partial charge in [-0.15, -0.1) is 11.3 Å². The van der Waals surface area contributed by atoms with Crippen LogP contribution in [-0.4, -0.2) is 32.3 Å². The number of thiophene rings is 1. The van der Waals surface area contributed by atoms with Gasteiger partial charge in [-0.2, -0.15) is 5.10 Å². The average molecular weight is 485 g/mol. The van der Waals surface area contributed by atoms with Crippen molar-refractivity contribution in [2.24, 2.45) is 7.05 Å². The minimum absolute atomic E-state index is 0.00390. The number of halogens is 2. The first kappa shape index (κ1) is 23.8. The van der Waals surface area contributed by atoms with Crippen molar-refractivity contribution < 1.29 is 18.1 Å². The first-order chi connectivity index (χ1) is 16.3. The summed E-state index contributed by atoms with van der Waals surface area (Å²) in [4.78, 5) is 16.4. The van der Waals surface area contributed by atoms with Crippen LogP contribution in [0, 0.1) is 18.6 Å². The van der Waals surface area contributed by atoms with Crippen LogP contribution in [0.4, 0.5) is 8.78 Å². The number of hydrogen-bond acceptors (Lipinski definition) is 5. The Labute approximate surface area is 200 Å². The van der Waals surface area contributed by atoms with Gasteiger partial charge in [-0.3, -0.25) is 9.48 Å². The minimum atomic E-state index is -0.765. The lowest BCUT2D eigenvalue weighted by Crippen LogP contribution is -2.40. The van der Waals surface area contributed by atoms with Crippen molar-refractivity contribution in [2.75, 3.05) is 6.54 Å². The van der Waals surface area contributed by atoms with Crippen LogP contribution < -0.4 is 0 Å². The van der Waals surface area contributed by atoms with Crippen molar-refractivity contribution in [1.29, 1.82) is 0 Å². The van der Waals surface area contributed by atoms with Crippen LogP contribution in [0.2, 0.25) is 0 Å². The molecule has 0 N–H and O–H groups in total. The summed E-state index contributed by atoms with van der Waals surface area (Å²) in [7, 11) is 1.90. The van der Waals surface area contributed by atoms with E-state index in [-0.39, 0.29) is 34.9 Å². The van der Waals surface area contributed by atoms with E-state index in [0.717, 1.165) is 29.0 Å². The van der Waals surface area contributed by atoms with E-state index in [9.17, 15) is 13.6 Å². The molecule has 1 aromatic carbocycles. The molecule has 3 aromatic heterocycles. The normalized spacial score (nSPS) is 17.2. The molecule has 4 heterocycles. The highest BCUT2D eigenvalue weighted by Crippen LogP contribution is 2.43. The number of rotatable bonds is 3. The maximum absolute atomic E-state index is 14.1. The van der Waals surface area contributed by atoms with Crippen molar-refractivity contribution in [1.82, 2.24) is 19.8 Å². The van der Waals surface area contributed by atoms with E-state index in [0.29, 0.717) is 6.54 Å². The van der Waals surface area contributed by atoms with Crippen LogP contribution in [0.3, 0.4) is 0 Å². The number of amides is 1. The van der Waals surface area contributed by atoms with E-state index < -0.39 is 11.6 Å². The molecule has 4 aromatic rings. The molecule has 34 heavy (non-hydrogen) atoms. The number of hydrogen-bond donors (Lipinski definition) is 0. The van der Waals surface area contributed by atoms with E-state index in [1.165, 1.54) is 17.0 Å². The van der Waals surface area contributed by atoms with E-state index in [2.05, 4.69) is 10.3 Å². The number of benzene rings is 1. The molecule has 0 bridgehead atoms. The van der Waals surface area contributed by atoms with Gasteiger partial charge in [0.15, 0.2) is 0 Å². The van der Waals surface area contributed by atoms with Crippen LogP contribution in [-0.2, 0) is 7.05 Å². The number of carbonyl (C=O) groups is 1. The van der Waals surface area contributed by atoms with Crippen molar-refractivity contribution in [3.05, 3.63) is 81.0 Å². The Kier molecular flexibility index (Phi) is 6.65. The van der Waals surface area contributed by atoms with Crippen LogP contribution in [0.5, 0.6) is 0 Å². The smallest absolute Gasteiger partial charge is 0.293 e. The molecule has 1 amide bonds. The molecule has 0 radical (unpaired) electrons. The molecular weight excluding hydrogens is 458 g/mol. The van der Waals surface area contributed by atoms with Gasteiger partial charge < -0.3 is 9.42 Å². The first-order valence-corrected chi connectivity index (χ1v) is 12.0. The zero-order valence-electron chi connectivity index (χ0n) is 19.7. The topological polar surface area (TPSA) is 64.2 Å². The standard InChI is InChI=1S/C23H20F2N4O2S.C2H6/c1-12-17(10-26-28(12)3)18-11-29(13(2)15-6-7-32-22(15)18)23(30)21-9-20(27-31-21)16-5-4-14(24)8-19(16)25;1-2/h4-10,13,18H,11H2,1-3H3;1-2H3. The molecule has 0 aliphatic carbocycles. The van der Waals surface area contributed by atoms with Gasteiger partial charge in [0.1, 0.15) is 17.3 Å². The third kappa shape index (κ3) is 4.04. The number of fused-ring (bicyclic) bond motifs is 1. The molecular formula is C25H26F2N4O2S. The summed E-state index contributed by atoms with van der Waals surface area (Å²) in [5, 5.41) is 10.3. The molecule has 178 valence electrons. The lowest BCUT2D eigenvalue weighted by molar-refractivity contribution is 0.0624. The molecule has 2 atom stereocenters. The van der Waals surface area contributed by atoms with Crippen molar-refractivity contribution in [3.63, 3.8) is 0 Å². The molecule has 0 fully saturated rings. The third-order valence-corrected chi connectivity index (χ3v) is 7.22. The average Bonchev–Trinajstić information content (AvgIpc) is 3.57. The maximum Gasteiger partial charge on any atom is 0.293 e. The van der Waals surface area contributed by atoms with E-state index in [4.69, 9.17) is 4.52 Å². The molecule has 0 spiro atoms. The summed E-state index contributed by atoms with van der Waals surface area (Å²) in [5.74, 6) is -1.77. The van der Waals surface area contributed by atoms with Crippen LogP contribution in [0.25, 0.3) is 11.3 Å².